The van der Waals surface area contributed by atoms with E-state index in [-0.39, 0.29) is 10.6 Å². The Morgan fingerprint density at radius 1 is 1.33 bits per heavy atom. The molecule has 5 nitrogen and oxygen atoms in total. The highest BCUT2D eigenvalue weighted by atomic mass is 16.6. The van der Waals surface area contributed by atoms with Gasteiger partial charge in [0.2, 0.25) is 0 Å². The first-order valence-corrected chi connectivity index (χ1v) is 7.83. The maximum atomic E-state index is 11.2. The highest BCUT2D eigenvalue weighted by Crippen LogP contribution is 2.30. The smallest absolute Gasteiger partial charge is 0.273 e. The van der Waals surface area contributed by atoms with Crippen LogP contribution in [0.2, 0.25) is 0 Å². The first-order valence-electron chi connectivity index (χ1n) is 7.83. The molecule has 1 saturated carbocycles. The van der Waals surface area contributed by atoms with Crippen molar-refractivity contribution in [3.05, 3.63) is 39.9 Å². The second-order valence-corrected chi connectivity index (χ2v) is 5.80. The number of nitro groups is 1. The van der Waals surface area contributed by atoms with Gasteiger partial charge in [-0.15, -0.1) is 0 Å². The summed E-state index contributed by atoms with van der Waals surface area (Å²) in [7, 11) is 0. The Morgan fingerprint density at radius 2 is 2.05 bits per heavy atom. The SMILES string of the molecule is CCN(Cc1ccccc1[N+](=O)[O-])C1CCCCC1CN. The number of nitro benzene ring substituents is 1. The van der Waals surface area contributed by atoms with Gasteiger partial charge in [0.25, 0.3) is 5.69 Å². The fraction of sp³-hybridized carbons (Fsp3) is 0.625. The van der Waals surface area contributed by atoms with Gasteiger partial charge in [-0.05, 0) is 31.8 Å². The molecule has 2 N–H and O–H groups in total. The molecule has 21 heavy (non-hydrogen) atoms. The molecule has 0 aliphatic heterocycles. The van der Waals surface area contributed by atoms with Gasteiger partial charge in [-0.1, -0.05) is 38.0 Å². The van der Waals surface area contributed by atoms with Gasteiger partial charge in [-0.25, -0.2) is 0 Å². The van der Waals surface area contributed by atoms with E-state index in [0.717, 1.165) is 18.5 Å². The number of rotatable bonds is 6. The highest BCUT2D eigenvalue weighted by Gasteiger charge is 2.29. The number of nitrogens with two attached hydrogens (primary N) is 1. The van der Waals surface area contributed by atoms with Crippen molar-refractivity contribution in [1.29, 1.82) is 0 Å². The van der Waals surface area contributed by atoms with Crippen molar-refractivity contribution >= 4 is 5.69 Å². The van der Waals surface area contributed by atoms with Gasteiger partial charge in [0.15, 0.2) is 0 Å². The minimum Gasteiger partial charge on any atom is -0.330 e. The minimum absolute atomic E-state index is 0.219. The summed E-state index contributed by atoms with van der Waals surface area (Å²) in [6, 6.07) is 7.50. The van der Waals surface area contributed by atoms with E-state index in [2.05, 4.69) is 11.8 Å². The van der Waals surface area contributed by atoms with Crippen molar-refractivity contribution in [3.63, 3.8) is 0 Å². The van der Waals surface area contributed by atoms with Gasteiger partial charge >= 0.3 is 0 Å². The maximum Gasteiger partial charge on any atom is 0.273 e. The zero-order valence-corrected chi connectivity index (χ0v) is 12.7. The molecule has 2 rings (SSSR count). The van der Waals surface area contributed by atoms with Crippen LogP contribution in [0.15, 0.2) is 24.3 Å². The van der Waals surface area contributed by atoms with Gasteiger partial charge in [0, 0.05) is 24.2 Å². The fourth-order valence-corrected chi connectivity index (χ4v) is 3.45. The average Bonchev–Trinajstić information content (AvgIpc) is 2.52. The molecule has 0 bridgehead atoms. The minimum atomic E-state index is -0.287. The first-order chi connectivity index (χ1) is 10.2. The number of hydrogen-bond donors (Lipinski definition) is 1. The third-order valence-corrected chi connectivity index (χ3v) is 4.61. The molecule has 1 fully saturated rings. The van der Waals surface area contributed by atoms with Crippen LogP contribution in [0.3, 0.4) is 0 Å². The molecule has 0 heterocycles. The van der Waals surface area contributed by atoms with Crippen molar-refractivity contribution in [1.82, 2.24) is 4.90 Å². The zero-order valence-electron chi connectivity index (χ0n) is 12.7. The Labute approximate surface area is 126 Å². The van der Waals surface area contributed by atoms with Crippen molar-refractivity contribution in [2.45, 2.75) is 45.2 Å². The lowest BCUT2D eigenvalue weighted by molar-refractivity contribution is -0.385. The third kappa shape index (κ3) is 3.80. The Balaban J connectivity index is 2.17. The van der Waals surface area contributed by atoms with E-state index in [0.29, 0.717) is 25.0 Å². The predicted molar refractivity (Wildman–Crippen MR) is 84.0 cm³/mol. The highest BCUT2D eigenvalue weighted by molar-refractivity contribution is 5.39. The lowest BCUT2D eigenvalue weighted by Gasteiger charge is -2.39. The van der Waals surface area contributed by atoms with Crippen LogP contribution in [0.25, 0.3) is 0 Å². The molecule has 0 spiro atoms. The second-order valence-electron chi connectivity index (χ2n) is 5.80. The Bertz CT molecular complexity index is 478. The number of benzene rings is 1. The van der Waals surface area contributed by atoms with Crippen LogP contribution in [-0.2, 0) is 6.54 Å². The predicted octanol–water partition coefficient (Wildman–Crippen LogP) is 2.93. The standard InChI is InChI=1S/C16H25N3O2/c1-2-18(15-9-5-3-7-13(15)11-17)12-14-8-4-6-10-16(14)19(20)21/h4,6,8,10,13,15H,2-3,5,7,9,11-12,17H2,1H3. The molecule has 1 aliphatic carbocycles. The molecular formula is C16H25N3O2. The lowest BCUT2D eigenvalue weighted by atomic mass is 9.83. The molecule has 0 amide bonds. The Kier molecular flexibility index (Phi) is 5.70. The van der Waals surface area contributed by atoms with E-state index >= 15 is 0 Å². The van der Waals surface area contributed by atoms with E-state index in [1.807, 2.05) is 12.1 Å². The van der Waals surface area contributed by atoms with E-state index < -0.39 is 0 Å². The summed E-state index contributed by atoms with van der Waals surface area (Å²) in [6.07, 6.45) is 4.81. The van der Waals surface area contributed by atoms with Crippen LogP contribution in [-0.4, -0.2) is 29.0 Å². The van der Waals surface area contributed by atoms with Gasteiger partial charge in [-0.2, -0.15) is 0 Å². The number of para-hydroxylation sites is 1. The van der Waals surface area contributed by atoms with Gasteiger partial charge in [0.1, 0.15) is 0 Å². The normalized spacial score (nSPS) is 22.4. The van der Waals surface area contributed by atoms with E-state index in [1.165, 1.54) is 19.3 Å². The molecule has 2 atom stereocenters. The van der Waals surface area contributed by atoms with Crippen molar-refractivity contribution in [3.8, 4) is 0 Å². The molecule has 2 unspecified atom stereocenters. The van der Waals surface area contributed by atoms with Gasteiger partial charge in [0.05, 0.1) is 4.92 Å². The molecule has 116 valence electrons. The van der Waals surface area contributed by atoms with E-state index in [1.54, 1.807) is 12.1 Å². The van der Waals surface area contributed by atoms with Crippen molar-refractivity contribution in [2.75, 3.05) is 13.1 Å². The quantitative estimate of drug-likeness (QED) is 0.646. The molecule has 0 radical (unpaired) electrons. The summed E-state index contributed by atoms with van der Waals surface area (Å²) in [5.41, 5.74) is 6.94. The Hall–Kier alpha value is -1.46. The molecule has 5 heteroatoms. The fourth-order valence-electron chi connectivity index (χ4n) is 3.45. The van der Waals surface area contributed by atoms with Crippen molar-refractivity contribution in [2.24, 2.45) is 11.7 Å². The summed E-state index contributed by atoms with van der Waals surface area (Å²) in [5, 5.41) is 11.2. The third-order valence-electron chi connectivity index (χ3n) is 4.61. The number of nitrogens with zero attached hydrogens (tertiary/aromatic N) is 2. The topological polar surface area (TPSA) is 72.4 Å². The molecule has 0 saturated heterocycles. The van der Waals surface area contributed by atoms with Crippen molar-refractivity contribution < 1.29 is 4.92 Å². The number of hydrogen-bond acceptors (Lipinski definition) is 4. The van der Waals surface area contributed by atoms with E-state index in [4.69, 9.17) is 5.73 Å². The van der Waals surface area contributed by atoms with Crippen LogP contribution in [0.5, 0.6) is 0 Å². The van der Waals surface area contributed by atoms with Gasteiger partial charge < -0.3 is 5.73 Å². The van der Waals surface area contributed by atoms with Crippen LogP contribution in [0.1, 0.15) is 38.2 Å². The molecule has 1 aliphatic rings. The molecule has 1 aromatic carbocycles. The lowest BCUT2D eigenvalue weighted by Crippen LogP contribution is -2.44. The second kappa shape index (κ2) is 7.52. The monoisotopic (exact) mass is 291 g/mol. The van der Waals surface area contributed by atoms with Crippen LogP contribution >= 0.6 is 0 Å². The van der Waals surface area contributed by atoms with Crippen LogP contribution in [0, 0.1) is 16.0 Å². The zero-order chi connectivity index (χ0) is 15.2. The summed E-state index contributed by atoms with van der Waals surface area (Å²) in [5.74, 6) is 0.515. The van der Waals surface area contributed by atoms with E-state index in [9.17, 15) is 10.1 Å². The summed E-state index contributed by atoms with van der Waals surface area (Å²) in [4.78, 5) is 13.2. The summed E-state index contributed by atoms with van der Waals surface area (Å²) < 4.78 is 0. The molecule has 1 aromatic rings. The Morgan fingerprint density at radius 3 is 2.71 bits per heavy atom. The van der Waals surface area contributed by atoms with Crippen LogP contribution < -0.4 is 5.73 Å². The molecule has 0 aromatic heterocycles. The average molecular weight is 291 g/mol. The van der Waals surface area contributed by atoms with Gasteiger partial charge in [-0.3, -0.25) is 15.0 Å². The summed E-state index contributed by atoms with van der Waals surface area (Å²) in [6.45, 7) is 4.36. The largest absolute Gasteiger partial charge is 0.330 e. The van der Waals surface area contributed by atoms with Crippen LogP contribution in [0.4, 0.5) is 5.69 Å². The maximum absolute atomic E-state index is 11.2. The molecular weight excluding hydrogens is 266 g/mol. The first kappa shape index (κ1) is 15.9. The summed E-state index contributed by atoms with van der Waals surface area (Å²) >= 11 is 0.